The van der Waals surface area contributed by atoms with Gasteiger partial charge in [-0.2, -0.15) is 0 Å². The van der Waals surface area contributed by atoms with Gasteiger partial charge in [-0.1, -0.05) is 37.1 Å². The van der Waals surface area contributed by atoms with E-state index in [1.54, 1.807) is 0 Å². The van der Waals surface area contributed by atoms with Crippen LogP contribution in [0.5, 0.6) is 0 Å². The molecule has 21 heavy (non-hydrogen) atoms. The minimum Gasteiger partial charge on any atom is -0.393 e. The first-order valence-corrected chi connectivity index (χ1v) is 7.93. The molecule has 1 fully saturated rings. The maximum atomic E-state index is 10.1. The molecule has 1 saturated carbocycles. The van der Waals surface area contributed by atoms with Gasteiger partial charge in [0.05, 0.1) is 17.3 Å². The van der Waals surface area contributed by atoms with Gasteiger partial charge < -0.3 is 10.0 Å². The Hall–Kier alpha value is -1.45. The van der Waals surface area contributed by atoms with E-state index in [9.17, 15) is 5.11 Å². The van der Waals surface area contributed by atoms with Gasteiger partial charge in [0.25, 0.3) is 0 Å². The SMILES string of the molecule is CN(Cc1ccc2ccccc2n1)CC1CCCCC1O. The highest BCUT2D eigenvalue weighted by molar-refractivity contribution is 5.78. The monoisotopic (exact) mass is 284 g/mol. The lowest BCUT2D eigenvalue weighted by molar-refractivity contribution is 0.0500. The molecular weight excluding hydrogens is 260 g/mol. The number of benzene rings is 1. The largest absolute Gasteiger partial charge is 0.393 e. The number of rotatable bonds is 4. The van der Waals surface area contributed by atoms with Crippen LogP contribution >= 0.6 is 0 Å². The maximum absolute atomic E-state index is 10.1. The third-order valence-electron chi connectivity index (χ3n) is 4.50. The molecule has 3 heteroatoms. The molecule has 0 amide bonds. The number of aliphatic hydroxyl groups is 1. The lowest BCUT2D eigenvalue weighted by atomic mass is 9.86. The summed E-state index contributed by atoms with van der Waals surface area (Å²) in [6.45, 7) is 1.80. The van der Waals surface area contributed by atoms with E-state index >= 15 is 0 Å². The van der Waals surface area contributed by atoms with Crippen molar-refractivity contribution in [2.45, 2.75) is 38.3 Å². The van der Waals surface area contributed by atoms with E-state index < -0.39 is 0 Å². The van der Waals surface area contributed by atoms with Crippen LogP contribution in [0.15, 0.2) is 36.4 Å². The van der Waals surface area contributed by atoms with Crippen molar-refractivity contribution in [2.75, 3.05) is 13.6 Å². The second kappa shape index (κ2) is 6.54. The Kier molecular flexibility index (Phi) is 4.51. The first-order chi connectivity index (χ1) is 10.2. The molecule has 1 N–H and O–H groups in total. The minimum absolute atomic E-state index is 0.120. The Morgan fingerprint density at radius 3 is 2.81 bits per heavy atom. The van der Waals surface area contributed by atoms with Crippen LogP contribution in [0.1, 0.15) is 31.4 Å². The molecule has 0 bridgehead atoms. The Morgan fingerprint density at radius 2 is 1.95 bits per heavy atom. The number of hydrogen-bond donors (Lipinski definition) is 1. The van der Waals surface area contributed by atoms with Crippen LogP contribution in [0.2, 0.25) is 0 Å². The summed E-state index contributed by atoms with van der Waals surface area (Å²) >= 11 is 0. The second-order valence-corrected chi connectivity index (χ2v) is 6.30. The Bertz CT molecular complexity index is 599. The predicted molar refractivity (Wildman–Crippen MR) is 86.0 cm³/mol. The molecular formula is C18H24N2O. The molecule has 0 radical (unpaired) electrons. The predicted octanol–water partition coefficient (Wildman–Crippen LogP) is 3.22. The van der Waals surface area contributed by atoms with Crippen LogP contribution in [0.25, 0.3) is 10.9 Å². The molecule has 1 aliphatic rings. The summed E-state index contributed by atoms with van der Waals surface area (Å²) in [6, 6.07) is 12.5. The van der Waals surface area contributed by atoms with E-state index in [-0.39, 0.29) is 6.10 Å². The van der Waals surface area contributed by atoms with Crippen molar-refractivity contribution >= 4 is 10.9 Å². The van der Waals surface area contributed by atoms with Crippen molar-refractivity contribution in [3.63, 3.8) is 0 Å². The van der Waals surface area contributed by atoms with Gasteiger partial charge in [-0.15, -0.1) is 0 Å². The molecule has 1 aromatic heterocycles. The van der Waals surface area contributed by atoms with Crippen molar-refractivity contribution < 1.29 is 5.11 Å². The third-order valence-corrected chi connectivity index (χ3v) is 4.50. The zero-order chi connectivity index (χ0) is 14.7. The molecule has 2 aromatic rings. The van der Waals surface area contributed by atoms with E-state index in [2.05, 4.69) is 36.2 Å². The summed E-state index contributed by atoms with van der Waals surface area (Å²) in [5.74, 6) is 0.421. The molecule has 112 valence electrons. The summed E-state index contributed by atoms with van der Waals surface area (Å²) in [5.41, 5.74) is 2.16. The summed E-state index contributed by atoms with van der Waals surface area (Å²) in [5, 5.41) is 11.3. The average molecular weight is 284 g/mol. The fraction of sp³-hybridized carbons (Fsp3) is 0.500. The number of hydrogen-bond acceptors (Lipinski definition) is 3. The van der Waals surface area contributed by atoms with Gasteiger partial charge in [-0.25, -0.2) is 0 Å². The van der Waals surface area contributed by atoms with Gasteiger partial charge >= 0.3 is 0 Å². The molecule has 2 atom stereocenters. The van der Waals surface area contributed by atoms with Gasteiger partial charge in [0, 0.05) is 18.5 Å². The van der Waals surface area contributed by atoms with E-state index in [0.29, 0.717) is 5.92 Å². The normalized spacial score (nSPS) is 22.8. The highest BCUT2D eigenvalue weighted by Gasteiger charge is 2.24. The quantitative estimate of drug-likeness (QED) is 0.936. The van der Waals surface area contributed by atoms with Gasteiger partial charge in [-0.05, 0) is 37.9 Å². The number of pyridine rings is 1. The number of aromatic nitrogens is 1. The highest BCUT2D eigenvalue weighted by atomic mass is 16.3. The molecule has 0 saturated heterocycles. The standard InChI is InChI=1S/C18H24N2O/c1-20(12-15-7-3-5-9-18(15)21)13-16-11-10-14-6-2-4-8-17(14)19-16/h2,4,6,8,10-11,15,18,21H,3,5,7,9,12-13H2,1H3. The summed E-state index contributed by atoms with van der Waals surface area (Å²) in [7, 11) is 2.12. The van der Waals surface area contributed by atoms with Crippen LogP contribution < -0.4 is 0 Å². The van der Waals surface area contributed by atoms with Gasteiger partial charge in [-0.3, -0.25) is 4.98 Å². The van der Waals surface area contributed by atoms with Gasteiger partial charge in [0.15, 0.2) is 0 Å². The first kappa shape index (κ1) is 14.5. The molecule has 1 aromatic carbocycles. The molecule has 1 heterocycles. The fourth-order valence-electron chi connectivity index (χ4n) is 3.34. The van der Waals surface area contributed by atoms with E-state index in [4.69, 9.17) is 4.98 Å². The Labute approximate surface area is 126 Å². The van der Waals surface area contributed by atoms with E-state index in [1.807, 2.05) is 12.1 Å². The number of nitrogens with zero attached hydrogens (tertiary/aromatic N) is 2. The smallest absolute Gasteiger partial charge is 0.0705 e. The van der Waals surface area contributed by atoms with Crippen molar-refractivity contribution in [1.82, 2.24) is 9.88 Å². The van der Waals surface area contributed by atoms with Crippen LogP contribution in [0.3, 0.4) is 0 Å². The van der Waals surface area contributed by atoms with Gasteiger partial charge in [0.2, 0.25) is 0 Å². The number of para-hydroxylation sites is 1. The first-order valence-electron chi connectivity index (χ1n) is 7.93. The van der Waals surface area contributed by atoms with Crippen LogP contribution in [0.4, 0.5) is 0 Å². The molecule has 1 aliphatic carbocycles. The fourth-order valence-corrected chi connectivity index (χ4v) is 3.34. The average Bonchev–Trinajstić information content (AvgIpc) is 2.49. The van der Waals surface area contributed by atoms with Crippen LogP contribution in [-0.2, 0) is 6.54 Å². The second-order valence-electron chi connectivity index (χ2n) is 6.30. The molecule has 2 unspecified atom stereocenters. The van der Waals surface area contributed by atoms with Gasteiger partial charge in [0.1, 0.15) is 0 Å². The lowest BCUT2D eigenvalue weighted by Gasteiger charge is -2.31. The summed E-state index contributed by atoms with van der Waals surface area (Å²) in [6.07, 6.45) is 4.42. The lowest BCUT2D eigenvalue weighted by Crippen LogP contribution is -2.34. The Morgan fingerprint density at radius 1 is 1.14 bits per heavy atom. The molecule has 0 spiro atoms. The van der Waals surface area contributed by atoms with E-state index in [0.717, 1.165) is 37.1 Å². The minimum atomic E-state index is -0.120. The number of fused-ring (bicyclic) bond motifs is 1. The molecule has 0 aliphatic heterocycles. The third kappa shape index (κ3) is 3.60. The Balaban J connectivity index is 1.64. The van der Waals surface area contributed by atoms with E-state index in [1.165, 1.54) is 18.2 Å². The molecule has 3 nitrogen and oxygen atoms in total. The summed E-state index contributed by atoms with van der Waals surface area (Å²) in [4.78, 5) is 7.01. The van der Waals surface area contributed by atoms with Crippen molar-refractivity contribution in [1.29, 1.82) is 0 Å². The van der Waals surface area contributed by atoms with Crippen molar-refractivity contribution in [2.24, 2.45) is 5.92 Å². The van der Waals surface area contributed by atoms with Crippen molar-refractivity contribution in [3.05, 3.63) is 42.1 Å². The topological polar surface area (TPSA) is 36.4 Å². The van der Waals surface area contributed by atoms with Crippen LogP contribution in [0, 0.1) is 5.92 Å². The zero-order valence-electron chi connectivity index (χ0n) is 12.7. The highest BCUT2D eigenvalue weighted by Crippen LogP contribution is 2.25. The maximum Gasteiger partial charge on any atom is 0.0705 e. The number of aliphatic hydroxyl groups excluding tert-OH is 1. The van der Waals surface area contributed by atoms with Crippen LogP contribution in [-0.4, -0.2) is 34.7 Å². The van der Waals surface area contributed by atoms with Crippen molar-refractivity contribution in [3.8, 4) is 0 Å². The zero-order valence-corrected chi connectivity index (χ0v) is 12.7. The molecule has 3 rings (SSSR count). The summed E-state index contributed by atoms with van der Waals surface area (Å²) < 4.78 is 0.